The van der Waals surface area contributed by atoms with Crippen molar-refractivity contribution >= 4 is 42.8 Å². The molecule has 1 aliphatic carbocycles. The average Bonchev–Trinajstić information content (AvgIpc) is 3.31. The van der Waals surface area contributed by atoms with Gasteiger partial charge in [-0.1, -0.05) is 6.07 Å². The smallest absolute Gasteiger partial charge is 0.367 e. The van der Waals surface area contributed by atoms with Crippen LogP contribution in [0, 0.1) is 0 Å². The van der Waals surface area contributed by atoms with E-state index in [2.05, 4.69) is 25.9 Å². The molecule has 1 saturated carbocycles. The number of carbonyl (C=O) groups is 2. The highest BCUT2D eigenvalue weighted by Gasteiger charge is 2.46. The highest BCUT2D eigenvalue weighted by molar-refractivity contribution is 7.59. The first-order valence-electron chi connectivity index (χ1n) is 11.4. The van der Waals surface area contributed by atoms with Crippen LogP contribution in [0.3, 0.4) is 0 Å². The highest BCUT2D eigenvalue weighted by atomic mass is 32.1. The number of carbonyl (C=O) groups excluding carboxylic acids is 2. The first-order chi connectivity index (χ1) is 16.2. The van der Waals surface area contributed by atoms with Gasteiger partial charge in [0.15, 0.2) is 0 Å². The average molecular weight is 509 g/mol. The van der Waals surface area contributed by atoms with Crippen LogP contribution in [0.25, 0.3) is 0 Å². The lowest BCUT2D eigenvalue weighted by atomic mass is 9.91. The minimum absolute atomic E-state index is 0. The number of fused-ring (bicyclic) bond motifs is 5. The Morgan fingerprint density at radius 2 is 1.83 bits per heavy atom. The van der Waals surface area contributed by atoms with E-state index in [0.717, 1.165) is 49.4 Å². The number of alkyl halides is 3. The number of halogens is 3. The maximum absolute atomic E-state index is 13.4. The Kier molecular flexibility index (Phi) is 6.85. The Balaban J connectivity index is 0.00000289. The SMILES string of the molecule is CC(=O)NCC(=O)N1[C@@H]2CC[C@H]1c1ccc(Nc3ncc(C(F)(F)F)c(NC4CCC4)n3)cc12.S. The van der Waals surface area contributed by atoms with E-state index < -0.39 is 11.7 Å². The van der Waals surface area contributed by atoms with E-state index in [-0.39, 0.29) is 61.7 Å². The Bertz CT molecular complexity index is 1140. The monoisotopic (exact) mass is 508 g/mol. The summed E-state index contributed by atoms with van der Waals surface area (Å²) in [7, 11) is 0. The summed E-state index contributed by atoms with van der Waals surface area (Å²) < 4.78 is 40.3. The maximum atomic E-state index is 13.4. The van der Waals surface area contributed by atoms with Gasteiger partial charge in [0.2, 0.25) is 17.8 Å². The van der Waals surface area contributed by atoms with Gasteiger partial charge in [-0.15, -0.1) is 0 Å². The first kappa shape index (κ1) is 25.1. The number of nitrogens with zero attached hydrogens (tertiary/aromatic N) is 3. The fraction of sp³-hybridized carbons (Fsp3) is 0.478. The van der Waals surface area contributed by atoms with Gasteiger partial charge in [-0.3, -0.25) is 9.59 Å². The number of hydrogen-bond acceptors (Lipinski definition) is 6. The molecule has 3 N–H and O–H groups in total. The summed E-state index contributed by atoms with van der Waals surface area (Å²) in [5.41, 5.74) is 1.80. The van der Waals surface area contributed by atoms with E-state index in [1.807, 2.05) is 23.1 Å². The normalized spacial score (nSPS) is 20.5. The lowest BCUT2D eigenvalue weighted by Crippen LogP contribution is -2.37. The lowest BCUT2D eigenvalue weighted by Gasteiger charge is -2.28. The molecule has 2 amide bonds. The third kappa shape index (κ3) is 4.89. The molecule has 3 heterocycles. The Labute approximate surface area is 207 Å². The molecular weight excluding hydrogens is 481 g/mol. The maximum Gasteiger partial charge on any atom is 0.421 e. The van der Waals surface area contributed by atoms with Crippen LogP contribution in [0.1, 0.15) is 67.8 Å². The molecule has 2 fully saturated rings. The fourth-order valence-corrected chi connectivity index (χ4v) is 4.94. The van der Waals surface area contributed by atoms with Gasteiger partial charge >= 0.3 is 6.18 Å². The van der Waals surface area contributed by atoms with Crippen molar-refractivity contribution in [3.8, 4) is 0 Å². The summed E-state index contributed by atoms with van der Waals surface area (Å²) in [6.45, 7) is 1.33. The highest BCUT2D eigenvalue weighted by Crippen LogP contribution is 2.53. The number of nitrogens with one attached hydrogen (secondary N) is 3. The molecule has 0 unspecified atom stereocenters. The number of hydrogen-bond donors (Lipinski definition) is 3. The van der Waals surface area contributed by atoms with Gasteiger partial charge in [0, 0.05) is 24.8 Å². The molecule has 5 rings (SSSR count). The van der Waals surface area contributed by atoms with Crippen molar-refractivity contribution in [2.24, 2.45) is 0 Å². The van der Waals surface area contributed by atoms with E-state index >= 15 is 0 Å². The van der Waals surface area contributed by atoms with Gasteiger partial charge in [-0.05, 0) is 55.4 Å². The predicted octanol–water partition coefficient (Wildman–Crippen LogP) is 4.17. The van der Waals surface area contributed by atoms with Gasteiger partial charge in [0.05, 0.1) is 18.6 Å². The number of aromatic nitrogens is 2. The van der Waals surface area contributed by atoms with Gasteiger partial charge in [-0.25, -0.2) is 4.98 Å². The molecule has 3 aliphatic rings. The minimum atomic E-state index is -4.55. The molecule has 1 aromatic carbocycles. The molecule has 188 valence electrons. The van der Waals surface area contributed by atoms with Gasteiger partial charge < -0.3 is 20.9 Å². The zero-order valence-corrected chi connectivity index (χ0v) is 20.1. The van der Waals surface area contributed by atoms with Gasteiger partial charge in [0.1, 0.15) is 11.4 Å². The first-order valence-corrected chi connectivity index (χ1v) is 11.4. The van der Waals surface area contributed by atoms with Crippen LogP contribution >= 0.6 is 13.5 Å². The van der Waals surface area contributed by atoms with E-state index in [1.165, 1.54) is 6.92 Å². The number of benzene rings is 1. The van der Waals surface area contributed by atoms with E-state index in [4.69, 9.17) is 0 Å². The second-order valence-corrected chi connectivity index (χ2v) is 9.01. The third-order valence-corrected chi connectivity index (χ3v) is 6.76. The van der Waals surface area contributed by atoms with Crippen molar-refractivity contribution in [3.05, 3.63) is 41.1 Å². The molecule has 2 aliphatic heterocycles. The molecule has 8 nitrogen and oxygen atoms in total. The van der Waals surface area contributed by atoms with Crippen LogP contribution in [0.5, 0.6) is 0 Å². The predicted molar refractivity (Wildman–Crippen MR) is 129 cm³/mol. The van der Waals surface area contributed by atoms with Crippen molar-refractivity contribution in [2.45, 2.75) is 63.3 Å². The third-order valence-electron chi connectivity index (χ3n) is 6.76. The second kappa shape index (κ2) is 9.56. The fourth-order valence-electron chi connectivity index (χ4n) is 4.94. The van der Waals surface area contributed by atoms with Crippen molar-refractivity contribution < 1.29 is 22.8 Å². The summed E-state index contributed by atoms with van der Waals surface area (Å²) >= 11 is 0. The van der Waals surface area contributed by atoms with Gasteiger partial charge in [-0.2, -0.15) is 31.7 Å². The summed E-state index contributed by atoms with van der Waals surface area (Å²) in [5.74, 6) is -0.543. The Hall–Kier alpha value is -3.02. The molecular formula is C23H27F3N6O2S. The zero-order valence-electron chi connectivity index (χ0n) is 19.1. The topological polar surface area (TPSA) is 99.3 Å². The molecule has 12 heteroatoms. The molecule has 0 spiro atoms. The molecule has 1 saturated heterocycles. The van der Waals surface area contributed by atoms with Crippen molar-refractivity contribution in [3.63, 3.8) is 0 Å². The van der Waals surface area contributed by atoms with E-state index in [9.17, 15) is 22.8 Å². The Morgan fingerprint density at radius 3 is 2.46 bits per heavy atom. The number of rotatable bonds is 6. The molecule has 2 atom stereocenters. The van der Waals surface area contributed by atoms with Gasteiger partial charge in [0.25, 0.3) is 0 Å². The molecule has 2 bridgehead atoms. The summed E-state index contributed by atoms with van der Waals surface area (Å²) in [6, 6.07) is 5.51. The summed E-state index contributed by atoms with van der Waals surface area (Å²) in [6.07, 6.45) is 0.534. The number of anilines is 3. The summed E-state index contributed by atoms with van der Waals surface area (Å²) in [5, 5.41) is 8.47. The molecule has 0 radical (unpaired) electrons. The second-order valence-electron chi connectivity index (χ2n) is 9.01. The van der Waals surface area contributed by atoms with Crippen LogP contribution in [-0.4, -0.2) is 39.3 Å². The summed E-state index contributed by atoms with van der Waals surface area (Å²) in [4.78, 5) is 33.7. The van der Waals surface area contributed by atoms with Crippen LogP contribution in [0.4, 0.5) is 30.6 Å². The van der Waals surface area contributed by atoms with Crippen LogP contribution in [-0.2, 0) is 15.8 Å². The molecule has 35 heavy (non-hydrogen) atoms. The molecule has 2 aromatic rings. The standard InChI is InChI=1S/C23H25F3N6O2.H2S/c1-12(33)27-11-20(34)32-18-7-8-19(32)16-9-14(5-6-15(16)18)30-22-28-10-17(23(24,25)26)21(31-22)29-13-3-2-4-13;/h5-6,9-10,13,18-19H,2-4,7-8,11H2,1H3,(H,27,33)(H2,28,29,30,31);1H2/t18-,19+;/m0./s1. The molecule has 1 aromatic heterocycles. The number of amides is 2. The van der Waals surface area contributed by atoms with Crippen LogP contribution in [0.15, 0.2) is 24.4 Å². The Morgan fingerprint density at radius 1 is 1.11 bits per heavy atom. The van der Waals surface area contributed by atoms with Crippen molar-refractivity contribution in [1.29, 1.82) is 0 Å². The van der Waals surface area contributed by atoms with Crippen molar-refractivity contribution in [1.82, 2.24) is 20.2 Å². The van der Waals surface area contributed by atoms with E-state index in [1.54, 1.807) is 0 Å². The van der Waals surface area contributed by atoms with Crippen LogP contribution < -0.4 is 16.0 Å². The largest absolute Gasteiger partial charge is 0.421 e. The quantitative estimate of drug-likeness (QED) is 0.542. The van der Waals surface area contributed by atoms with Crippen molar-refractivity contribution in [2.75, 3.05) is 17.2 Å². The van der Waals surface area contributed by atoms with Crippen LogP contribution in [0.2, 0.25) is 0 Å². The van der Waals surface area contributed by atoms with E-state index in [0.29, 0.717) is 5.69 Å². The zero-order chi connectivity index (χ0) is 24.0. The lowest BCUT2D eigenvalue weighted by molar-refractivity contribution is -0.137. The minimum Gasteiger partial charge on any atom is -0.367 e.